The summed E-state index contributed by atoms with van der Waals surface area (Å²) in [6.07, 6.45) is -4.58. The number of nitrogens with zero attached hydrogens (tertiary/aromatic N) is 3. The highest BCUT2D eigenvalue weighted by atomic mass is 35.5. The van der Waals surface area contributed by atoms with Crippen molar-refractivity contribution in [3.63, 3.8) is 0 Å². The predicted octanol–water partition coefficient (Wildman–Crippen LogP) is 6.95. The monoisotopic (exact) mass is 516 g/mol. The third-order valence-corrected chi connectivity index (χ3v) is 6.45. The average molecular weight is 517 g/mol. The van der Waals surface area contributed by atoms with Crippen molar-refractivity contribution in [1.29, 1.82) is 0 Å². The number of aromatic nitrogens is 3. The van der Waals surface area contributed by atoms with Gasteiger partial charge in [-0.1, -0.05) is 59.8 Å². The van der Waals surface area contributed by atoms with Crippen LogP contribution in [0.25, 0.3) is 17.1 Å². The van der Waals surface area contributed by atoms with Gasteiger partial charge in [-0.15, -0.1) is 10.2 Å². The lowest BCUT2D eigenvalue weighted by atomic mass is 10.1. The maximum atomic E-state index is 13.3. The molecule has 1 aromatic heterocycles. The van der Waals surface area contributed by atoms with Crippen LogP contribution in [0, 0.1) is 13.8 Å². The minimum atomic E-state index is -4.58. The number of amides is 1. The van der Waals surface area contributed by atoms with Gasteiger partial charge in [-0.3, -0.25) is 9.36 Å². The lowest BCUT2D eigenvalue weighted by Crippen LogP contribution is -2.18. The number of para-hydroxylation sites is 1. The Labute approximate surface area is 209 Å². The Morgan fingerprint density at radius 3 is 2.49 bits per heavy atom. The first-order chi connectivity index (χ1) is 16.6. The van der Waals surface area contributed by atoms with Gasteiger partial charge in [0.2, 0.25) is 5.91 Å². The highest BCUT2D eigenvalue weighted by Crippen LogP contribution is 2.35. The molecule has 0 radical (unpaired) electrons. The molecular weight excluding hydrogens is 497 g/mol. The molecule has 4 aromatic rings. The normalized spacial score (nSPS) is 11.5. The quantitative estimate of drug-likeness (QED) is 0.282. The van der Waals surface area contributed by atoms with Crippen molar-refractivity contribution >= 4 is 35.0 Å². The zero-order valence-corrected chi connectivity index (χ0v) is 20.3. The number of hydrogen-bond donors (Lipinski definition) is 1. The third-order valence-electron chi connectivity index (χ3n) is 5.19. The molecule has 180 valence electrons. The van der Waals surface area contributed by atoms with Crippen molar-refractivity contribution in [1.82, 2.24) is 14.8 Å². The van der Waals surface area contributed by atoms with E-state index in [0.29, 0.717) is 21.6 Å². The summed E-state index contributed by atoms with van der Waals surface area (Å²) in [7, 11) is 0. The van der Waals surface area contributed by atoms with Gasteiger partial charge in [0.1, 0.15) is 0 Å². The Balaban J connectivity index is 1.66. The van der Waals surface area contributed by atoms with Gasteiger partial charge in [-0.2, -0.15) is 13.2 Å². The van der Waals surface area contributed by atoms with Gasteiger partial charge in [0, 0.05) is 5.56 Å². The molecule has 0 saturated carbocycles. The summed E-state index contributed by atoms with van der Waals surface area (Å²) >= 11 is 7.50. The second kappa shape index (κ2) is 10.1. The molecule has 3 aromatic carbocycles. The molecule has 0 aliphatic rings. The standard InChI is InChI=1S/C25H20ClF3N4OS/c1-15-11-12-16(2)21(13-15)33-23(17-7-3-5-9-19(17)26)31-32-24(33)35-14-22(34)30-20-10-6-4-8-18(20)25(27,28)29/h3-13H,14H2,1-2H3,(H,30,34). The number of halogens is 4. The van der Waals surface area contributed by atoms with E-state index >= 15 is 0 Å². The first kappa shape index (κ1) is 24.8. The second-order valence-corrected chi connectivity index (χ2v) is 9.14. The molecule has 1 N–H and O–H groups in total. The van der Waals surface area contributed by atoms with Gasteiger partial charge in [0.05, 0.1) is 27.7 Å². The zero-order chi connectivity index (χ0) is 25.2. The maximum absolute atomic E-state index is 13.3. The number of alkyl halides is 3. The molecular formula is C25H20ClF3N4OS. The van der Waals surface area contributed by atoms with Crippen molar-refractivity contribution in [3.05, 3.63) is 88.4 Å². The highest BCUT2D eigenvalue weighted by Gasteiger charge is 2.33. The highest BCUT2D eigenvalue weighted by molar-refractivity contribution is 7.99. The smallest absolute Gasteiger partial charge is 0.325 e. The van der Waals surface area contributed by atoms with Crippen LogP contribution in [-0.4, -0.2) is 26.4 Å². The van der Waals surface area contributed by atoms with E-state index in [9.17, 15) is 18.0 Å². The number of thioether (sulfide) groups is 1. The van der Waals surface area contributed by atoms with E-state index in [-0.39, 0.29) is 11.4 Å². The summed E-state index contributed by atoms with van der Waals surface area (Å²) in [6.45, 7) is 3.90. The number of aryl methyl sites for hydroxylation is 2. The predicted molar refractivity (Wildman–Crippen MR) is 132 cm³/mol. The maximum Gasteiger partial charge on any atom is 0.418 e. The topological polar surface area (TPSA) is 59.8 Å². The number of nitrogens with one attached hydrogen (secondary N) is 1. The van der Waals surface area contributed by atoms with Crippen LogP contribution in [0.3, 0.4) is 0 Å². The minimum absolute atomic E-state index is 0.169. The molecule has 0 atom stereocenters. The van der Waals surface area contributed by atoms with Crippen LogP contribution in [0.1, 0.15) is 16.7 Å². The molecule has 0 bridgehead atoms. The number of carbonyl (C=O) groups excluding carboxylic acids is 1. The zero-order valence-electron chi connectivity index (χ0n) is 18.7. The van der Waals surface area contributed by atoms with Gasteiger partial charge in [0.25, 0.3) is 0 Å². The van der Waals surface area contributed by atoms with Crippen LogP contribution >= 0.6 is 23.4 Å². The van der Waals surface area contributed by atoms with Gasteiger partial charge in [-0.05, 0) is 55.3 Å². The van der Waals surface area contributed by atoms with Crippen LogP contribution in [0.15, 0.2) is 71.9 Å². The van der Waals surface area contributed by atoms with E-state index < -0.39 is 17.6 Å². The molecule has 35 heavy (non-hydrogen) atoms. The van der Waals surface area contributed by atoms with E-state index in [0.717, 1.165) is 34.6 Å². The summed E-state index contributed by atoms with van der Waals surface area (Å²) < 4.78 is 41.6. The molecule has 10 heteroatoms. The number of benzene rings is 3. The Morgan fingerprint density at radius 1 is 1.03 bits per heavy atom. The van der Waals surface area contributed by atoms with Crippen LogP contribution in [0.4, 0.5) is 18.9 Å². The Hall–Kier alpha value is -3.30. The Bertz CT molecular complexity index is 1390. The molecule has 0 fully saturated rings. The molecule has 0 aliphatic carbocycles. The van der Waals surface area contributed by atoms with Gasteiger partial charge in [0.15, 0.2) is 11.0 Å². The second-order valence-electron chi connectivity index (χ2n) is 7.79. The molecule has 0 spiro atoms. The van der Waals surface area contributed by atoms with Crippen molar-refractivity contribution in [2.24, 2.45) is 0 Å². The van der Waals surface area contributed by atoms with Gasteiger partial charge < -0.3 is 5.32 Å². The van der Waals surface area contributed by atoms with Crippen LogP contribution in [-0.2, 0) is 11.0 Å². The largest absolute Gasteiger partial charge is 0.418 e. The summed E-state index contributed by atoms with van der Waals surface area (Å²) in [5, 5.41) is 11.9. The van der Waals surface area contributed by atoms with E-state index in [2.05, 4.69) is 15.5 Å². The number of hydrogen-bond acceptors (Lipinski definition) is 4. The van der Waals surface area contributed by atoms with E-state index in [4.69, 9.17) is 11.6 Å². The van der Waals surface area contributed by atoms with E-state index in [1.807, 2.05) is 54.8 Å². The number of carbonyl (C=O) groups is 1. The molecule has 0 unspecified atom stereocenters. The summed E-state index contributed by atoms with van der Waals surface area (Å²) in [4.78, 5) is 12.6. The van der Waals surface area contributed by atoms with Crippen LogP contribution in [0.5, 0.6) is 0 Å². The van der Waals surface area contributed by atoms with E-state index in [1.54, 1.807) is 6.07 Å². The lowest BCUT2D eigenvalue weighted by molar-refractivity contribution is -0.137. The first-order valence-corrected chi connectivity index (χ1v) is 11.9. The van der Waals surface area contributed by atoms with Crippen molar-refractivity contribution in [2.75, 3.05) is 11.1 Å². The average Bonchev–Trinajstić information content (AvgIpc) is 3.22. The van der Waals surface area contributed by atoms with Crippen LogP contribution in [0.2, 0.25) is 5.02 Å². The lowest BCUT2D eigenvalue weighted by Gasteiger charge is -2.15. The molecule has 1 heterocycles. The molecule has 5 nitrogen and oxygen atoms in total. The number of rotatable bonds is 6. The summed E-state index contributed by atoms with van der Waals surface area (Å²) in [6, 6.07) is 18.0. The fourth-order valence-corrected chi connectivity index (χ4v) is 4.48. The van der Waals surface area contributed by atoms with Crippen molar-refractivity contribution in [3.8, 4) is 17.1 Å². The molecule has 4 rings (SSSR count). The molecule has 0 saturated heterocycles. The molecule has 1 amide bonds. The van der Waals surface area contributed by atoms with E-state index in [1.165, 1.54) is 18.2 Å². The summed E-state index contributed by atoms with van der Waals surface area (Å²) in [5.74, 6) is -0.270. The van der Waals surface area contributed by atoms with Crippen molar-refractivity contribution in [2.45, 2.75) is 25.2 Å². The summed E-state index contributed by atoms with van der Waals surface area (Å²) in [5.41, 5.74) is 2.25. The van der Waals surface area contributed by atoms with Gasteiger partial charge in [-0.25, -0.2) is 0 Å². The Kier molecular flexibility index (Phi) is 7.18. The number of anilines is 1. The van der Waals surface area contributed by atoms with Crippen molar-refractivity contribution < 1.29 is 18.0 Å². The van der Waals surface area contributed by atoms with Gasteiger partial charge >= 0.3 is 6.18 Å². The first-order valence-electron chi connectivity index (χ1n) is 10.5. The molecule has 0 aliphatic heterocycles. The fourth-order valence-electron chi connectivity index (χ4n) is 3.51. The minimum Gasteiger partial charge on any atom is -0.325 e. The third kappa shape index (κ3) is 5.52. The fraction of sp³-hybridized carbons (Fsp3) is 0.160. The van der Waals surface area contributed by atoms with Crippen LogP contribution < -0.4 is 5.32 Å². The SMILES string of the molecule is Cc1ccc(C)c(-n2c(SCC(=O)Nc3ccccc3C(F)(F)F)nnc2-c2ccccc2Cl)c1. The Morgan fingerprint density at radius 2 is 1.74 bits per heavy atom.